The highest BCUT2D eigenvalue weighted by Gasteiger charge is 2.05. The Hall–Kier alpha value is -1.55. The molecule has 0 heterocycles. The van der Waals surface area contributed by atoms with Crippen LogP contribution in [0.4, 0.5) is 0 Å². The van der Waals surface area contributed by atoms with Crippen molar-refractivity contribution in [3.8, 4) is 0 Å². The fourth-order valence-corrected chi connectivity index (χ4v) is 1.65. The van der Waals surface area contributed by atoms with E-state index in [0.29, 0.717) is 0 Å². The Kier molecular flexibility index (Phi) is 5.49. The Balaban J connectivity index is 2.67. The number of nitrogens with two attached hydrogens (primary N) is 1. The first-order valence-electron chi connectivity index (χ1n) is 5.95. The zero-order valence-electron chi connectivity index (χ0n) is 10.9. The summed E-state index contributed by atoms with van der Waals surface area (Å²) in [7, 11) is 1.98. The minimum Gasteiger partial charge on any atom is -0.341 e. The lowest BCUT2D eigenvalue weighted by atomic mass is 10.1. The molecule has 1 aromatic rings. The van der Waals surface area contributed by atoms with Crippen LogP contribution in [0.15, 0.2) is 29.3 Å². The Morgan fingerprint density at radius 1 is 1.47 bits per heavy atom. The molecule has 0 aliphatic rings. The van der Waals surface area contributed by atoms with Crippen molar-refractivity contribution in [1.82, 2.24) is 10.3 Å². The van der Waals surface area contributed by atoms with Gasteiger partial charge in [0.05, 0.1) is 0 Å². The molecule has 4 heteroatoms. The first-order chi connectivity index (χ1) is 8.17. The molecule has 0 aliphatic heterocycles. The average Bonchev–Trinajstić information content (AvgIpc) is 2.30. The third-order valence-corrected chi connectivity index (χ3v) is 2.48. The molecule has 0 saturated heterocycles. The van der Waals surface area contributed by atoms with E-state index in [1.807, 2.05) is 11.9 Å². The van der Waals surface area contributed by atoms with E-state index < -0.39 is 0 Å². The maximum Gasteiger partial charge on any atom is 0.208 e. The Morgan fingerprint density at radius 3 is 2.82 bits per heavy atom. The third kappa shape index (κ3) is 4.44. The first kappa shape index (κ1) is 13.5. The second kappa shape index (κ2) is 6.91. The molecule has 0 saturated carbocycles. The van der Waals surface area contributed by atoms with E-state index in [4.69, 9.17) is 5.84 Å². The van der Waals surface area contributed by atoms with Crippen LogP contribution in [0, 0.1) is 6.92 Å². The molecule has 0 aromatic heterocycles. The number of hydrazine groups is 1. The summed E-state index contributed by atoms with van der Waals surface area (Å²) < 4.78 is 0. The average molecular weight is 234 g/mol. The summed E-state index contributed by atoms with van der Waals surface area (Å²) in [5, 5.41) is 0. The van der Waals surface area contributed by atoms with Crippen molar-refractivity contribution in [2.75, 3.05) is 13.6 Å². The Morgan fingerprint density at radius 2 is 2.24 bits per heavy atom. The van der Waals surface area contributed by atoms with Gasteiger partial charge in [0.15, 0.2) is 0 Å². The van der Waals surface area contributed by atoms with Crippen LogP contribution in [0.1, 0.15) is 24.5 Å². The predicted molar refractivity (Wildman–Crippen MR) is 72.6 cm³/mol. The predicted octanol–water partition coefficient (Wildman–Crippen LogP) is 1.66. The van der Waals surface area contributed by atoms with Crippen LogP contribution < -0.4 is 11.3 Å². The monoisotopic (exact) mass is 234 g/mol. The quantitative estimate of drug-likeness (QED) is 0.360. The van der Waals surface area contributed by atoms with Crippen molar-refractivity contribution in [3.05, 3.63) is 35.4 Å². The number of guanidine groups is 1. The van der Waals surface area contributed by atoms with Gasteiger partial charge in [0.1, 0.15) is 0 Å². The molecule has 94 valence electrons. The lowest BCUT2D eigenvalue weighted by Crippen LogP contribution is -2.42. The highest BCUT2D eigenvalue weighted by atomic mass is 15.4. The van der Waals surface area contributed by atoms with Gasteiger partial charge in [0, 0.05) is 20.1 Å². The van der Waals surface area contributed by atoms with Crippen molar-refractivity contribution >= 4 is 5.96 Å². The summed E-state index contributed by atoms with van der Waals surface area (Å²) in [5.74, 6) is 6.21. The number of aryl methyl sites for hydroxylation is 1. The van der Waals surface area contributed by atoms with Gasteiger partial charge < -0.3 is 4.90 Å². The number of benzene rings is 1. The van der Waals surface area contributed by atoms with Crippen molar-refractivity contribution in [1.29, 1.82) is 0 Å². The van der Waals surface area contributed by atoms with Gasteiger partial charge in [0.2, 0.25) is 5.96 Å². The SMILES string of the molecule is CCCN=C(NN)N(C)Cc1cccc(C)c1. The highest BCUT2D eigenvalue weighted by Crippen LogP contribution is 2.06. The van der Waals surface area contributed by atoms with Crippen molar-refractivity contribution in [2.24, 2.45) is 10.8 Å². The largest absolute Gasteiger partial charge is 0.341 e. The molecule has 0 fully saturated rings. The fourth-order valence-electron chi connectivity index (χ4n) is 1.65. The van der Waals surface area contributed by atoms with Gasteiger partial charge in [-0.05, 0) is 18.9 Å². The molecule has 3 N–H and O–H groups in total. The van der Waals surface area contributed by atoms with Gasteiger partial charge in [-0.3, -0.25) is 10.4 Å². The molecule has 0 bridgehead atoms. The highest BCUT2D eigenvalue weighted by molar-refractivity contribution is 5.79. The molecule has 17 heavy (non-hydrogen) atoms. The van der Waals surface area contributed by atoms with Gasteiger partial charge in [-0.15, -0.1) is 0 Å². The van der Waals surface area contributed by atoms with Gasteiger partial charge in [-0.25, -0.2) is 5.84 Å². The third-order valence-electron chi connectivity index (χ3n) is 2.48. The van der Waals surface area contributed by atoms with Crippen LogP contribution in [0.25, 0.3) is 0 Å². The minimum absolute atomic E-state index is 0.730. The second-order valence-corrected chi connectivity index (χ2v) is 4.19. The van der Waals surface area contributed by atoms with Gasteiger partial charge in [0.25, 0.3) is 0 Å². The summed E-state index contributed by atoms with van der Waals surface area (Å²) in [6, 6.07) is 8.44. The van der Waals surface area contributed by atoms with Crippen molar-refractivity contribution < 1.29 is 0 Å². The minimum atomic E-state index is 0.730. The number of hydrogen-bond donors (Lipinski definition) is 2. The summed E-state index contributed by atoms with van der Waals surface area (Å²) in [6.45, 7) is 5.78. The Bertz CT molecular complexity index is 373. The van der Waals surface area contributed by atoms with E-state index in [1.165, 1.54) is 11.1 Å². The molecule has 0 unspecified atom stereocenters. The zero-order chi connectivity index (χ0) is 12.7. The number of aliphatic imine (C=N–C) groups is 1. The summed E-state index contributed by atoms with van der Waals surface area (Å²) in [5.41, 5.74) is 5.17. The molecule has 0 aliphatic carbocycles. The molecule has 1 aromatic carbocycles. The van der Waals surface area contributed by atoms with Gasteiger partial charge in [-0.2, -0.15) is 0 Å². The lowest BCUT2D eigenvalue weighted by Gasteiger charge is -2.20. The molecule has 1 rings (SSSR count). The summed E-state index contributed by atoms with van der Waals surface area (Å²) in [4.78, 5) is 6.40. The molecule has 0 amide bonds. The van der Waals surface area contributed by atoms with Crippen LogP contribution in [0.2, 0.25) is 0 Å². The van der Waals surface area contributed by atoms with E-state index in [0.717, 1.165) is 25.5 Å². The van der Waals surface area contributed by atoms with Crippen LogP contribution in [0.5, 0.6) is 0 Å². The van der Waals surface area contributed by atoms with Gasteiger partial charge >= 0.3 is 0 Å². The van der Waals surface area contributed by atoms with Crippen molar-refractivity contribution in [2.45, 2.75) is 26.8 Å². The summed E-state index contributed by atoms with van der Waals surface area (Å²) in [6.07, 6.45) is 1.02. The van der Waals surface area contributed by atoms with E-state index >= 15 is 0 Å². The fraction of sp³-hybridized carbons (Fsp3) is 0.462. The normalized spacial score (nSPS) is 11.4. The second-order valence-electron chi connectivity index (χ2n) is 4.19. The maximum absolute atomic E-state index is 5.48. The zero-order valence-corrected chi connectivity index (χ0v) is 10.9. The van der Waals surface area contributed by atoms with Crippen LogP contribution in [-0.4, -0.2) is 24.5 Å². The first-order valence-corrected chi connectivity index (χ1v) is 5.95. The van der Waals surface area contributed by atoms with Crippen LogP contribution >= 0.6 is 0 Å². The smallest absolute Gasteiger partial charge is 0.208 e. The number of rotatable bonds is 4. The summed E-state index contributed by atoms with van der Waals surface area (Å²) >= 11 is 0. The van der Waals surface area contributed by atoms with Crippen LogP contribution in [0.3, 0.4) is 0 Å². The topological polar surface area (TPSA) is 53.6 Å². The number of nitrogens with one attached hydrogen (secondary N) is 1. The maximum atomic E-state index is 5.48. The molecule has 4 nitrogen and oxygen atoms in total. The molecular weight excluding hydrogens is 212 g/mol. The lowest BCUT2D eigenvalue weighted by molar-refractivity contribution is 0.476. The number of hydrogen-bond acceptors (Lipinski definition) is 2. The van der Waals surface area contributed by atoms with Gasteiger partial charge in [-0.1, -0.05) is 36.8 Å². The van der Waals surface area contributed by atoms with Crippen LogP contribution in [-0.2, 0) is 6.54 Å². The Labute approximate surface area is 104 Å². The standard InChI is InChI=1S/C13H22N4/c1-4-8-15-13(16-14)17(3)10-12-7-5-6-11(2)9-12/h5-7,9H,4,8,10,14H2,1-3H3,(H,15,16). The van der Waals surface area contributed by atoms with E-state index in [-0.39, 0.29) is 0 Å². The van der Waals surface area contributed by atoms with E-state index in [1.54, 1.807) is 0 Å². The van der Waals surface area contributed by atoms with E-state index in [9.17, 15) is 0 Å². The molecule has 0 radical (unpaired) electrons. The van der Waals surface area contributed by atoms with E-state index in [2.05, 4.69) is 48.5 Å². The van der Waals surface area contributed by atoms with Crippen molar-refractivity contribution in [3.63, 3.8) is 0 Å². The molecule has 0 spiro atoms. The molecule has 0 atom stereocenters. The number of nitrogens with zero attached hydrogens (tertiary/aromatic N) is 2. The molecular formula is C13H22N4.